The zero-order chi connectivity index (χ0) is 15.0. The van der Waals surface area contributed by atoms with Gasteiger partial charge >= 0.3 is 5.97 Å². The first-order valence-corrected chi connectivity index (χ1v) is 8.67. The number of carboxylic acids is 1. The van der Waals surface area contributed by atoms with Crippen molar-refractivity contribution in [2.45, 2.75) is 33.1 Å². The first-order chi connectivity index (χ1) is 10.2. The average molecular weight is 320 g/mol. The predicted octanol–water partition coefficient (Wildman–Crippen LogP) is 4.34. The minimum atomic E-state index is -0.853. The first-order valence-electron chi connectivity index (χ1n) is 6.97. The summed E-state index contributed by atoms with van der Waals surface area (Å²) in [5.41, 5.74) is 2.99. The van der Waals surface area contributed by atoms with Crippen LogP contribution >= 0.6 is 22.7 Å². The zero-order valence-corrected chi connectivity index (χ0v) is 13.6. The van der Waals surface area contributed by atoms with Crippen molar-refractivity contribution in [1.82, 2.24) is 9.38 Å². The molecule has 0 saturated heterocycles. The van der Waals surface area contributed by atoms with E-state index in [0.29, 0.717) is 4.88 Å². The van der Waals surface area contributed by atoms with E-state index in [1.807, 2.05) is 11.4 Å². The highest BCUT2D eigenvalue weighted by Crippen LogP contribution is 2.34. The molecule has 3 heterocycles. The highest BCUT2D eigenvalue weighted by Gasteiger charge is 2.23. The van der Waals surface area contributed by atoms with Crippen LogP contribution in [0, 0.1) is 0 Å². The molecule has 0 bridgehead atoms. The Labute approximate surface area is 130 Å². The Morgan fingerprint density at radius 3 is 2.76 bits per heavy atom. The first kappa shape index (κ1) is 14.3. The fourth-order valence-corrected chi connectivity index (χ4v) is 4.36. The van der Waals surface area contributed by atoms with Crippen LogP contribution < -0.4 is 0 Å². The van der Waals surface area contributed by atoms with Crippen molar-refractivity contribution in [3.63, 3.8) is 0 Å². The van der Waals surface area contributed by atoms with Crippen molar-refractivity contribution in [2.24, 2.45) is 0 Å². The van der Waals surface area contributed by atoms with Gasteiger partial charge in [0, 0.05) is 5.69 Å². The predicted molar refractivity (Wildman–Crippen MR) is 86.7 cm³/mol. The molecule has 3 rings (SSSR count). The van der Waals surface area contributed by atoms with E-state index in [2.05, 4.69) is 24.3 Å². The summed E-state index contributed by atoms with van der Waals surface area (Å²) in [4.78, 5) is 18.5. The van der Waals surface area contributed by atoms with Crippen LogP contribution in [0.3, 0.4) is 0 Å². The highest BCUT2D eigenvalue weighted by molar-refractivity contribution is 7.19. The van der Waals surface area contributed by atoms with E-state index in [9.17, 15) is 9.90 Å². The van der Waals surface area contributed by atoms with Crippen LogP contribution in [0.25, 0.3) is 15.5 Å². The SMILES string of the molecule is CCCc1c(C(=O)O)sc2nc(-c3cccs3)c(CC)n12. The standard InChI is InChI=1S/C15H16N2O2S2/c1-3-6-10-13(14(18)19)21-15-16-12(9(4-2)17(10)15)11-7-5-8-20-11/h5,7-8H,3-4,6H2,1-2H3,(H,18,19). The zero-order valence-electron chi connectivity index (χ0n) is 11.9. The number of fused-ring (bicyclic) bond motifs is 1. The Balaban J connectivity index is 2.29. The number of aromatic carboxylic acids is 1. The number of thiophene rings is 1. The van der Waals surface area contributed by atoms with Crippen LogP contribution in [0.15, 0.2) is 17.5 Å². The quantitative estimate of drug-likeness (QED) is 0.761. The Kier molecular flexibility index (Phi) is 3.82. The summed E-state index contributed by atoms with van der Waals surface area (Å²) in [5.74, 6) is -0.853. The van der Waals surface area contributed by atoms with Gasteiger partial charge in [0.15, 0.2) is 4.96 Å². The lowest BCUT2D eigenvalue weighted by molar-refractivity contribution is 0.0700. The fraction of sp³-hybridized carbons (Fsp3) is 0.333. The van der Waals surface area contributed by atoms with Gasteiger partial charge in [0.1, 0.15) is 10.6 Å². The van der Waals surface area contributed by atoms with Gasteiger partial charge in [-0.1, -0.05) is 37.7 Å². The lowest BCUT2D eigenvalue weighted by atomic mass is 10.2. The van der Waals surface area contributed by atoms with Gasteiger partial charge < -0.3 is 5.11 Å². The molecule has 6 heteroatoms. The van der Waals surface area contributed by atoms with Crippen LogP contribution in [0.2, 0.25) is 0 Å². The third kappa shape index (κ3) is 2.28. The Morgan fingerprint density at radius 1 is 1.38 bits per heavy atom. The van der Waals surface area contributed by atoms with E-state index in [1.54, 1.807) is 11.3 Å². The van der Waals surface area contributed by atoms with Crippen molar-refractivity contribution in [1.29, 1.82) is 0 Å². The number of thiazole rings is 1. The van der Waals surface area contributed by atoms with Crippen LogP contribution in [0.1, 0.15) is 41.3 Å². The maximum atomic E-state index is 11.4. The monoisotopic (exact) mass is 320 g/mol. The second kappa shape index (κ2) is 5.61. The lowest BCUT2D eigenvalue weighted by Gasteiger charge is -2.04. The van der Waals surface area contributed by atoms with E-state index < -0.39 is 5.97 Å². The highest BCUT2D eigenvalue weighted by atomic mass is 32.1. The van der Waals surface area contributed by atoms with Crippen molar-refractivity contribution in [3.05, 3.63) is 33.8 Å². The second-order valence-corrected chi connectivity index (χ2v) is 6.71. The molecule has 0 spiro atoms. The van der Waals surface area contributed by atoms with Gasteiger partial charge in [0.25, 0.3) is 0 Å². The van der Waals surface area contributed by atoms with Gasteiger partial charge in [-0.25, -0.2) is 9.78 Å². The van der Waals surface area contributed by atoms with Crippen molar-refractivity contribution in [2.75, 3.05) is 0 Å². The van der Waals surface area contributed by atoms with E-state index in [0.717, 1.165) is 46.2 Å². The molecule has 0 aliphatic carbocycles. The summed E-state index contributed by atoms with van der Waals surface area (Å²) in [7, 11) is 0. The number of nitrogens with zero attached hydrogens (tertiary/aromatic N) is 2. The molecule has 4 nitrogen and oxygen atoms in total. The maximum Gasteiger partial charge on any atom is 0.347 e. The van der Waals surface area contributed by atoms with Gasteiger partial charge in [-0.05, 0) is 24.3 Å². The van der Waals surface area contributed by atoms with Crippen LogP contribution in [-0.4, -0.2) is 20.5 Å². The molecule has 0 radical (unpaired) electrons. The third-order valence-corrected chi connectivity index (χ3v) is 5.39. The number of carbonyl (C=O) groups is 1. The summed E-state index contributed by atoms with van der Waals surface area (Å²) < 4.78 is 2.06. The third-order valence-electron chi connectivity index (χ3n) is 3.44. The Hall–Kier alpha value is -1.66. The Bertz CT molecular complexity index is 784. The summed E-state index contributed by atoms with van der Waals surface area (Å²) in [5, 5.41) is 11.4. The van der Waals surface area contributed by atoms with E-state index >= 15 is 0 Å². The van der Waals surface area contributed by atoms with Crippen molar-refractivity contribution in [3.8, 4) is 10.6 Å². The summed E-state index contributed by atoms with van der Waals surface area (Å²) in [6.07, 6.45) is 2.51. The van der Waals surface area contributed by atoms with E-state index in [-0.39, 0.29) is 0 Å². The fourth-order valence-electron chi connectivity index (χ4n) is 2.60. The minimum Gasteiger partial charge on any atom is -0.477 e. The van der Waals surface area contributed by atoms with Gasteiger partial charge in [-0.3, -0.25) is 4.40 Å². The van der Waals surface area contributed by atoms with E-state index in [4.69, 9.17) is 4.98 Å². The molecule has 0 unspecified atom stereocenters. The molecule has 0 saturated carbocycles. The van der Waals surface area contributed by atoms with Gasteiger partial charge in [0.2, 0.25) is 0 Å². The molecule has 3 aromatic heterocycles. The molecule has 0 aromatic carbocycles. The van der Waals surface area contributed by atoms with Gasteiger partial charge in [0.05, 0.1) is 10.6 Å². The smallest absolute Gasteiger partial charge is 0.347 e. The van der Waals surface area contributed by atoms with E-state index in [1.165, 1.54) is 11.3 Å². The summed E-state index contributed by atoms with van der Waals surface area (Å²) >= 11 is 2.94. The molecular weight excluding hydrogens is 304 g/mol. The molecular formula is C15H16N2O2S2. The normalized spacial score (nSPS) is 11.3. The summed E-state index contributed by atoms with van der Waals surface area (Å²) in [6.45, 7) is 4.16. The molecule has 0 atom stereocenters. The van der Waals surface area contributed by atoms with Gasteiger partial charge in [-0.2, -0.15) is 0 Å². The largest absolute Gasteiger partial charge is 0.477 e. The molecule has 3 aromatic rings. The number of carboxylic acid groups (broad SMARTS) is 1. The number of hydrogen-bond acceptors (Lipinski definition) is 4. The van der Waals surface area contributed by atoms with Crippen LogP contribution in [-0.2, 0) is 12.8 Å². The van der Waals surface area contributed by atoms with Crippen molar-refractivity contribution < 1.29 is 9.90 Å². The molecule has 0 amide bonds. The van der Waals surface area contributed by atoms with Crippen molar-refractivity contribution >= 4 is 33.6 Å². The number of aryl methyl sites for hydroxylation is 2. The minimum absolute atomic E-state index is 0.423. The molecule has 0 fully saturated rings. The molecule has 0 aliphatic rings. The molecule has 1 N–H and O–H groups in total. The molecule has 0 aliphatic heterocycles. The van der Waals surface area contributed by atoms with Crippen LogP contribution in [0.5, 0.6) is 0 Å². The maximum absolute atomic E-state index is 11.4. The Morgan fingerprint density at radius 2 is 2.19 bits per heavy atom. The molecule has 21 heavy (non-hydrogen) atoms. The molecule has 110 valence electrons. The number of imidazole rings is 1. The van der Waals surface area contributed by atoms with Crippen LogP contribution in [0.4, 0.5) is 0 Å². The topological polar surface area (TPSA) is 54.6 Å². The summed E-state index contributed by atoms with van der Waals surface area (Å²) in [6, 6.07) is 4.08. The number of rotatable bonds is 5. The lowest BCUT2D eigenvalue weighted by Crippen LogP contribution is -2.03. The average Bonchev–Trinajstić information content (AvgIpc) is 3.13. The number of aromatic nitrogens is 2. The second-order valence-electron chi connectivity index (χ2n) is 4.79. The number of hydrogen-bond donors (Lipinski definition) is 1. The van der Waals surface area contributed by atoms with Gasteiger partial charge in [-0.15, -0.1) is 11.3 Å².